The molecule has 1 unspecified atom stereocenters. The van der Waals surface area contributed by atoms with Gasteiger partial charge >= 0.3 is 0 Å². The van der Waals surface area contributed by atoms with Crippen LogP contribution in [0.1, 0.15) is 45.6 Å². The molecule has 0 radical (unpaired) electrons. The van der Waals surface area contributed by atoms with E-state index in [1.165, 1.54) is 16.9 Å². The first-order valence-corrected chi connectivity index (χ1v) is 8.03. The van der Waals surface area contributed by atoms with Gasteiger partial charge in [-0.1, -0.05) is 32.9 Å². The average molecular weight is 280 g/mol. The minimum Gasteiger partial charge on any atom is -0.317 e. The molecule has 1 atom stereocenters. The third kappa shape index (κ3) is 5.98. The van der Waals surface area contributed by atoms with Crippen LogP contribution in [0.5, 0.6) is 0 Å². The first-order valence-electron chi connectivity index (χ1n) is 7.26. The Balaban J connectivity index is 2.44. The lowest BCUT2D eigenvalue weighted by molar-refractivity contribution is 0.404. The minimum atomic E-state index is 0.578. The summed E-state index contributed by atoms with van der Waals surface area (Å²) in [6.07, 6.45) is 1.18. The Labute approximate surface area is 123 Å². The van der Waals surface area contributed by atoms with Gasteiger partial charge in [-0.05, 0) is 69.0 Å². The molecule has 108 valence electrons. The normalized spacial score (nSPS) is 13.2. The molecule has 0 aliphatic rings. The first kappa shape index (κ1) is 16.5. The van der Waals surface area contributed by atoms with Gasteiger partial charge in [0.25, 0.3) is 0 Å². The van der Waals surface area contributed by atoms with Crippen LogP contribution in [-0.4, -0.2) is 30.5 Å². The van der Waals surface area contributed by atoms with Crippen molar-refractivity contribution in [2.24, 2.45) is 0 Å². The maximum atomic E-state index is 3.38. The number of rotatable bonds is 8. The van der Waals surface area contributed by atoms with E-state index in [1.807, 2.05) is 11.9 Å². The second kappa shape index (κ2) is 8.62. The maximum absolute atomic E-state index is 3.38. The summed E-state index contributed by atoms with van der Waals surface area (Å²) in [6, 6.07) is 9.52. The Morgan fingerprint density at radius 1 is 1.16 bits per heavy atom. The molecule has 0 aliphatic carbocycles. The number of hydrogen-bond donors (Lipinski definition) is 1. The van der Waals surface area contributed by atoms with E-state index in [0.29, 0.717) is 12.0 Å². The molecule has 1 N–H and O–H groups in total. The Morgan fingerprint density at radius 3 is 2.32 bits per heavy atom. The lowest BCUT2D eigenvalue weighted by atomic mass is 10.0. The van der Waals surface area contributed by atoms with Gasteiger partial charge in [0.1, 0.15) is 0 Å². The Kier molecular flexibility index (Phi) is 7.51. The smallest absolute Gasteiger partial charge is 0.0230 e. The summed E-state index contributed by atoms with van der Waals surface area (Å²) in [4.78, 5) is 1.32. The van der Waals surface area contributed by atoms with Crippen LogP contribution in [0.25, 0.3) is 0 Å². The van der Waals surface area contributed by atoms with Gasteiger partial charge in [0, 0.05) is 10.9 Å². The fourth-order valence-electron chi connectivity index (χ4n) is 1.84. The van der Waals surface area contributed by atoms with Crippen molar-refractivity contribution in [3.63, 3.8) is 0 Å². The largest absolute Gasteiger partial charge is 0.317 e. The zero-order valence-electron chi connectivity index (χ0n) is 12.9. The Bertz CT molecular complexity index is 348. The summed E-state index contributed by atoms with van der Waals surface area (Å²) >= 11 is 1.84. The van der Waals surface area contributed by atoms with E-state index >= 15 is 0 Å². The fourth-order valence-corrected chi connectivity index (χ4v) is 2.72. The quantitative estimate of drug-likeness (QED) is 0.569. The van der Waals surface area contributed by atoms with E-state index in [1.54, 1.807) is 0 Å². The molecule has 1 aromatic rings. The molecule has 0 amide bonds. The van der Waals surface area contributed by atoms with Crippen LogP contribution in [0, 0.1) is 0 Å². The predicted octanol–water partition coefficient (Wildman–Crippen LogP) is 4.14. The van der Waals surface area contributed by atoms with Crippen molar-refractivity contribution < 1.29 is 0 Å². The minimum absolute atomic E-state index is 0.578. The Morgan fingerprint density at radius 2 is 1.79 bits per heavy atom. The molecule has 0 saturated carbocycles. The van der Waals surface area contributed by atoms with E-state index < -0.39 is 0 Å². The molecule has 3 heteroatoms. The molecule has 1 aromatic carbocycles. The molecular formula is C16H28N2S. The van der Waals surface area contributed by atoms with Crippen molar-refractivity contribution in [3.05, 3.63) is 29.8 Å². The second-order valence-electron chi connectivity index (χ2n) is 5.35. The summed E-state index contributed by atoms with van der Waals surface area (Å²) in [5.74, 6) is 0.607. The van der Waals surface area contributed by atoms with E-state index in [2.05, 4.69) is 68.6 Å². The molecule has 0 saturated heterocycles. The van der Waals surface area contributed by atoms with Crippen LogP contribution >= 0.6 is 11.9 Å². The van der Waals surface area contributed by atoms with Crippen LogP contribution in [0.15, 0.2) is 29.2 Å². The molecule has 0 aromatic heterocycles. The maximum Gasteiger partial charge on any atom is 0.0230 e. The summed E-state index contributed by atoms with van der Waals surface area (Å²) in [5.41, 5.74) is 1.41. The molecule has 0 heterocycles. The van der Waals surface area contributed by atoms with Crippen LogP contribution in [-0.2, 0) is 0 Å². The van der Waals surface area contributed by atoms with Gasteiger partial charge in [-0.3, -0.25) is 0 Å². The molecule has 2 nitrogen and oxygen atoms in total. The zero-order valence-corrected chi connectivity index (χ0v) is 13.8. The highest BCUT2D eigenvalue weighted by Crippen LogP contribution is 2.25. The van der Waals surface area contributed by atoms with E-state index in [-0.39, 0.29) is 0 Å². The van der Waals surface area contributed by atoms with Crippen molar-refractivity contribution in [1.29, 1.82) is 0 Å². The zero-order chi connectivity index (χ0) is 14.3. The molecular weight excluding hydrogens is 252 g/mol. The third-order valence-electron chi connectivity index (χ3n) is 3.41. The highest BCUT2D eigenvalue weighted by Gasteiger charge is 2.10. The lowest BCUT2D eigenvalue weighted by Gasteiger charge is -2.23. The predicted molar refractivity (Wildman–Crippen MR) is 86.8 cm³/mol. The molecule has 0 aliphatic heterocycles. The second-order valence-corrected chi connectivity index (χ2v) is 6.58. The molecule has 0 bridgehead atoms. The number of nitrogens with zero attached hydrogens (tertiary/aromatic N) is 1. The van der Waals surface area contributed by atoms with Crippen LogP contribution in [0.2, 0.25) is 0 Å². The number of nitrogens with one attached hydrogen (secondary N) is 1. The van der Waals surface area contributed by atoms with Crippen LogP contribution in [0.3, 0.4) is 0 Å². The van der Waals surface area contributed by atoms with Crippen LogP contribution < -0.4 is 5.32 Å². The van der Waals surface area contributed by atoms with E-state index in [9.17, 15) is 0 Å². The van der Waals surface area contributed by atoms with Crippen molar-refractivity contribution in [2.45, 2.75) is 51.0 Å². The van der Waals surface area contributed by atoms with Gasteiger partial charge in [0.05, 0.1) is 0 Å². The topological polar surface area (TPSA) is 15.3 Å². The SMILES string of the molecule is CCNCCC(C)N(C)Sc1ccc(C(C)C)cc1. The van der Waals surface area contributed by atoms with Gasteiger partial charge in [0.15, 0.2) is 0 Å². The van der Waals surface area contributed by atoms with Crippen molar-refractivity contribution in [3.8, 4) is 0 Å². The van der Waals surface area contributed by atoms with Gasteiger partial charge < -0.3 is 5.32 Å². The molecule has 0 spiro atoms. The molecule has 0 fully saturated rings. The van der Waals surface area contributed by atoms with Gasteiger partial charge in [-0.15, -0.1) is 0 Å². The standard InChI is InChI=1S/C16H28N2S/c1-6-17-12-11-14(4)18(5)19-16-9-7-15(8-10-16)13(2)3/h7-10,13-14,17H,6,11-12H2,1-5H3. The van der Waals surface area contributed by atoms with Crippen LogP contribution in [0.4, 0.5) is 0 Å². The molecule has 1 rings (SSSR count). The van der Waals surface area contributed by atoms with Gasteiger partial charge in [-0.2, -0.15) is 0 Å². The van der Waals surface area contributed by atoms with E-state index in [4.69, 9.17) is 0 Å². The lowest BCUT2D eigenvalue weighted by Crippen LogP contribution is -2.27. The molecule has 19 heavy (non-hydrogen) atoms. The Hall–Kier alpha value is -0.510. The fraction of sp³-hybridized carbons (Fsp3) is 0.625. The third-order valence-corrected chi connectivity index (χ3v) is 4.54. The monoisotopic (exact) mass is 280 g/mol. The highest BCUT2D eigenvalue weighted by molar-refractivity contribution is 7.97. The van der Waals surface area contributed by atoms with Gasteiger partial charge in [-0.25, -0.2) is 4.31 Å². The van der Waals surface area contributed by atoms with Crippen molar-refractivity contribution >= 4 is 11.9 Å². The van der Waals surface area contributed by atoms with Crippen molar-refractivity contribution in [2.75, 3.05) is 20.1 Å². The number of hydrogen-bond acceptors (Lipinski definition) is 3. The average Bonchev–Trinajstić information content (AvgIpc) is 2.39. The van der Waals surface area contributed by atoms with Gasteiger partial charge in [0.2, 0.25) is 0 Å². The summed E-state index contributed by atoms with van der Waals surface area (Å²) in [6.45, 7) is 11.1. The summed E-state index contributed by atoms with van der Waals surface area (Å²) in [5, 5.41) is 3.38. The van der Waals surface area contributed by atoms with Crippen molar-refractivity contribution in [1.82, 2.24) is 9.62 Å². The van der Waals surface area contributed by atoms with E-state index in [0.717, 1.165) is 13.1 Å². The highest BCUT2D eigenvalue weighted by atomic mass is 32.2. The summed E-state index contributed by atoms with van der Waals surface area (Å²) < 4.78 is 2.35. The summed E-state index contributed by atoms with van der Waals surface area (Å²) in [7, 11) is 2.18. The number of benzene rings is 1. The first-order chi connectivity index (χ1) is 9.04.